The summed E-state index contributed by atoms with van der Waals surface area (Å²) >= 11 is 5.62. The van der Waals surface area contributed by atoms with Gasteiger partial charge in [-0.2, -0.15) is 0 Å². The second-order valence-corrected chi connectivity index (χ2v) is 4.45. The topological polar surface area (TPSA) is 52.4 Å². The summed E-state index contributed by atoms with van der Waals surface area (Å²) in [6.45, 7) is 2.64. The van der Waals surface area contributed by atoms with E-state index in [1.165, 1.54) is 6.07 Å². The second kappa shape index (κ2) is 4.39. The van der Waals surface area contributed by atoms with Crippen LogP contribution in [0.25, 0.3) is 0 Å². The van der Waals surface area contributed by atoms with Crippen molar-refractivity contribution in [1.29, 1.82) is 0 Å². The van der Waals surface area contributed by atoms with Gasteiger partial charge in [0.2, 0.25) is 0 Å². The summed E-state index contributed by atoms with van der Waals surface area (Å²) in [5, 5.41) is 10.6. The van der Waals surface area contributed by atoms with Crippen LogP contribution in [-0.4, -0.2) is 23.0 Å². The summed E-state index contributed by atoms with van der Waals surface area (Å²) in [7, 11) is 0. The molecular formula is C11H12ClNO3. The van der Waals surface area contributed by atoms with E-state index in [2.05, 4.69) is 0 Å². The van der Waals surface area contributed by atoms with Crippen LogP contribution in [0.3, 0.4) is 0 Å². The fraction of sp³-hybridized carbons (Fsp3) is 0.455. The van der Waals surface area contributed by atoms with Gasteiger partial charge in [0.05, 0.1) is 23.0 Å². The third-order valence-electron chi connectivity index (χ3n) is 2.80. The number of aryl methyl sites for hydroxylation is 1. The van der Waals surface area contributed by atoms with Crippen molar-refractivity contribution >= 4 is 17.3 Å². The fourth-order valence-electron chi connectivity index (χ4n) is 1.57. The molecule has 1 aliphatic heterocycles. The molecule has 86 valence electrons. The molecule has 1 saturated carbocycles. The highest BCUT2D eigenvalue weighted by molar-refractivity contribution is 6.23. The fourth-order valence-corrected chi connectivity index (χ4v) is 1.96. The van der Waals surface area contributed by atoms with Crippen LogP contribution in [-0.2, 0) is 4.74 Å². The van der Waals surface area contributed by atoms with E-state index in [1.807, 2.05) is 0 Å². The zero-order valence-corrected chi connectivity index (χ0v) is 9.55. The average molecular weight is 242 g/mol. The highest BCUT2D eigenvalue weighted by Gasteiger charge is 2.57. The predicted molar refractivity (Wildman–Crippen MR) is 60.7 cm³/mol. The molecule has 0 aromatic heterocycles. The standard InChI is InChI=1S/C7H7NO2.C4H5ClO/c1-6-4-2-3-5-7(6)8(9)10;5-3-2-1-6-4(2)3/h2-5H,1H3;2-4H,1H2. The van der Waals surface area contributed by atoms with Crippen LogP contribution in [0.15, 0.2) is 24.3 Å². The average Bonchev–Trinajstić information content (AvgIpc) is 2.63. The Morgan fingerprint density at radius 3 is 2.38 bits per heavy atom. The van der Waals surface area contributed by atoms with E-state index in [0.717, 1.165) is 12.5 Å². The van der Waals surface area contributed by atoms with Crippen molar-refractivity contribution in [3.05, 3.63) is 39.9 Å². The number of ether oxygens (including phenoxy) is 1. The van der Waals surface area contributed by atoms with Gasteiger partial charge in [-0.05, 0) is 6.92 Å². The molecule has 1 aromatic rings. The third kappa shape index (κ3) is 2.18. The Balaban J connectivity index is 0.000000134. The molecule has 1 aliphatic carbocycles. The minimum atomic E-state index is -0.380. The number of halogens is 1. The van der Waals surface area contributed by atoms with Crippen LogP contribution in [0.5, 0.6) is 0 Å². The maximum atomic E-state index is 10.2. The zero-order valence-electron chi connectivity index (χ0n) is 8.80. The molecule has 1 saturated heterocycles. The Morgan fingerprint density at radius 1 is 1.50 bits per heavy atom. The molecular weight excluding hydrogens is 230 g/mol. The molecule has 0 radical (unpaired) electrons. The Bertz CT molecular complexity index is 393. The number of para-hydroxylation sites is 1. The van der Waals surface area contributed by atoms with Gasteiger partial charge in [0.25, 0.3) is 5.69 Å². The van der Waals surface area contributed by atoms with E-state index in [0.29, 0.717) is 17.0 Å². The van der Waals surface area contributed by atoms with Gasteiger partial charge in [-0.25, -0.2) is 0 Å². The first-order valence-electron chi connectivity index (χ1n) is 5.07. The van der Waals surface area contributed by atoms with Gasteiger partial charge in [0.15, 0.2) is 0 Å². The lowest BCUT2D eigenvalue weighted by atomic mass is 10.2. The molecule has 4 nitrogen and oxygen atoms in total. The summed E-state index contributed by atoms with van der Waals surface area (Å²) in [6.07, 6.45) is 0.465. The molecule has 0 amide bonds. The zero-order chi connectivity index (χ0) is 11.7. The summed E-state index contributed by atoms with van der Waals surface area (Å²) in [6, 6.07) is 6.65. The molecule has 5 heteroatoms. The number of nitrogens with zero attached hydrogens (tertiary/aromatic N) is 1. The summed E-state index contributed by atoms with van der Waals surface area (Å²) in [5.74, 6) is 0.742. The molecule has 1 aromatic carbocycles. The van der Waals surface area contributed by atoms with Crippen molar-refractivity contribution < 1.29 is 9.66 Å². The Morgan fingerprint density at radius 2 is 2.12 bits per heavy atom. The van der Waals surface area contributed by atoms with Gasteiger partial charge in [-0.3, -0.25) is 10.1 Å². The van der Waals surface area contributed by atoms with Crippen molar-refractivity contribution in [2.75, 3.05) is 6.61 Å². The van der Waals surface area contributed by atoms with E-state index < -0.39 is 0 Å². The van der Waals surface area contributed by atoms with Crippen LogP contribution < -0.4 is 0 Å². The molecule has 3 unspecified atom stereocenters. The Labute approximate surface area is 98.3 Å². The van der Waals surface area contributed by atoms with Gasteiger partial charge < -0.3 is 4.74 Å². The summed E-state index contributed by atoms with van der Waals surface area (Å²) in [5.41, 5.74) is 0.884. The molecule has 3 rings (SSSR count). The first kappa shape index (κ1) is 11.4. The van der Waals surface area contributed by atoms with Crippen molar-refractivity contribution in [3.8, 4) is 0 Å². The van der Waals surface area contributed by atoms with Crippen LogP contribution in [0.2, 0.25) is 0 Å². The molecule has 2 fully saturated rings. The maximum absolute atomic E-state index is 10.2. The lowest BCUT2D eigenvalue weighted by Crippen LogP contribution is -2.12. The molecule has 0 N–H and O–H groups in total. The summed E-state index contributed by atoms with van der Waals surface area (Å²) < 4.78 is 4.98. The van der Waals surface area contributed by atoms with Crippen LogP contribution in [0.4, 0.5) is 5.69 Å². The minimum absolute atomic E-state index is 0.183. The number of alkyl halides is 1. The van der Waals surface area contributed by atoms with Crippen molar-refractivity contribution in [2.45, 2.75) is 18.4 Å². The number of rotatable bonds is 1. The number of nitro benzene ring substituents is 1. The third-order valence-corrected chi connectivity index (χ3v) is 3.37. The quantitative estimate of drug-likeness (QED) is 0.431. The van der Waals surface area contributed by atoms with Crippen molar-refractivity contribution in [3.63, 3.8) is 0 Å². The van der Waals surface area contributed by atoms with Crippen molar-refractivity contribution in [2.24, 2.45) is 5.92 Å². The molecule has 1 heterocycles. The lowest BCUT2D eigenvalue weighted by Gasteiger charge is -2.07. The number of benzene rings is 1. The summed E-state index contributed by atoms with van der Waals surface area (Å²) in [4.78, 5) is 9.85. The first-order valence-corrected chi connectivity index (χ1v) is 5.50. The monoisotopic (exact) mass is 241 g/mol. The van der Waals surface area contributed by atoms with Gasteiger partial charge >= 0.3 is 0 Å². The van der Waals surface area contributed by atoms with Crippen LogP contribution >= 0.6 is 11.6 Å². The Kier molecular flexibility index (Phi) is 3.12. The largest absolute Gasteiger partial charge is 0.376 e. The first-order chi connectivity index (χ1) is 7.61. The van der Waals surface area contributed by atoms with Crippen LogP contribution in [0, 0.1) is 23.0 Å². The van der Waals surface area contributed by atoms with E-state index in [-0.39, 0.29) is 10.6 Å². The normalized spacial score (nSPS) is 29.2. The highest BCUT2D eigenvalue weighted by atomic mass is 35.5. The van der Waals surface area contributed by atoms with Gasteiger partial charge in [-0.1, -0.05) is 18.2 Å². The van der Waals surface area contributed by atoms with E-state index >= 15 is 0 Å². The molecule has 0 bridgehead atoms. The van der Waals surface area contributed by atoms with Crippen LogP contribution in [0.1, 0.15) is 5.56 Å². The van der Waals surface area contributed by atoms with Crippen molar-refractivity contribution in [1.82, 2.24) is 0 Å². The SMILES string of the molecule is Cc1ccccc1[N+](=O)[O-].ClC1C2COC12. The van der Waals surface area contributed by atoms with Gasteiger partial charge in [0.1, 0.15) is 0 Å². The second-order valence-electron chi connectivity index (χ2n) is 3.95. The number of hydrogen-bond acceptors (Lipinski definition) is 3. The maximum Gasteiger partial charge on any atom is 0.272 e. The van der Waals surface area contributed by atoms with Gasteiger partial charge in [0, 0.05) is 17.5 Å². The van der Waals surface area contributed by atoms with E-state index in [1.54, 1.807) is 25.1 Å². The minimum Gasteiger partial charge on any atom is -0.376 e. The number of fused-ring (bicyclic) bond motifs is 1. The van der Waals surface area contributed by atoms with E-state index in [9.17, 15) is 10.1 Å². The van der Waals surface area contributed by atoms with E-state index in [4.69, 9.17) is 16.3 Å². The predicted octanol–water partition coefficient (Wildman–Crippen LogP) is 2.53. The number of hydrogen-bond donors (Lipinski definition) is 0. The molecule has 3 atom stereocenters. The van der Waals surface area contributed by atoms with Gasteiger partial charge in [-0.15, -0.1) is 11.6 Å². The Hall–Kier alpha value is -1.13. The molecule has 2 aliphatic rings. The lowest BCUT2D eigenvalue weighted by molar-refractivity contribution is -0.385. The molecule has 0 spiro atoms. The molecule has 16 heavy (non-hydrogen) atoms. The highest BCUT2D eigenvalue weighted by Crippen LogP contribution is 2.47. The number of nitro groups is 1. The smallest absolute Gasteiger partial charge is 0.272 e.